The molecule has 0 aliphatic heterocycles. The fourth-order valence-electron chi connectivity index (χ4n) is 2.85. The van der Waals surface area contributed by atoms with E-state index < -0.39 is 0 Å². The molecular weight excluding hydrogens is 264 g/mol. The van der Waals surface area contributed by atoms with Gasteiger partial charge in [0.05, 0.1) is 12.2 Å². The number of hydrogen-bond acceptors (Lipinski definition) is 4. The molecule has 5 heteroatoms. The normalized spacial score (nSPS) is 34.7. The molecule has 0 heterocycles. The van der Waals surface area contributed by atoms with Crippen molar-refractivity contribution in [3.63, 3.8) is 0 Å². The number of halogens is 1. The van der Waals surface area contributed by atoms with Gasteiger partial charge in [-0.3, -0.25) is 0 Å². The van der Waals surface area contributed by atoms with Crippen molar-refractivity contribution in [1.82, 2.24) is 10.6 Å². The van der Waals surface area contributed by atoms with Gasteiger partial charge in [-0.1, -0.05) is 0 Å². The van der Waals surface area contributed by atoms with Gasteiger partial charge in [-0.25, -0.2) is 0 Å². The number of hydrogen-bond donors (Lipinski definition) is 4. The number of rotatable bonds is 2. The summed E-state index contributed by atoms with van der Waals surface area (Å²) in [6.45, 7) is 0. The van der Waals surface area contributed by atoms with E-state index in [1.165, 1.54) is 25.7 Å². The van der Waals surface area contributed by atoms with Crippen LogP contribution in [0.15, 0.2) is 0 Å². The molecule has 2 aliphatic carbocycles. The fraction of sp³-hybridized carbons (Fsp3) is 1.00. The summed E-state index contributed by atoms with van der Waals surface area (Å²) in [5.41, 5.74) is 0. The van der Waals surface area contributed by atoms with Crippen molar-refractivity contribution in [2.45, 2.75) is 75.7 Å². The second-order valence-corrected chi connectivity index (χ2v) is 5.61. The third-order valence-corrected chi connectivity index (χ3v) is 4.11. The van der Waals surface area contributed by atoms with E-state index in [0.717, 1.165) is 25.7 Å². The van der Waals surface area contributed by atoms with Gasteiger partial charge in [0, 0.05) is 12.1 Å². The Balaban J connectivity index is 0.000000324. The zero-order valence-corrected chi connectivity index (χ0v) is 13.1. The van der Waals surface area contributed by atoms with E-state index in [0.29, 0.717) is 12.1 Å². The molecule has 2 saturated carbocycles. The van der Waals surface area contributed by atoms with E-state index in [2.05, 4.69) is 10.6 Å². The first-order chi connectivity index (χ1) is 8.65. The Morgan fingerprint density at radius 3 is 1.32 bits per heavy atom. The van der Waals surface area contributed by atoms with E-state index in [1.807, 2.05) is 14.1 Å². The topological polar surface area (TPSA) is 64.5 Å². The van der Waals surface area contributed by atoms with Crippen LogP contribution in [0.2, 0.25) is 0 Å². The van der Waals surface area contributed by atoms with Gasteiger partial charge < -0.3 is 20.8 Å². The highest BCUT2D eigenvalue weighted by Gasteiger charge is 2.18. The van der Waals surface area contributed by atoms with Crippen LogP contribution >= 0.6 is 12.4 Å². The predicted octanol–water partition coefficient (Wildman–Crippen LogP) is 1.44. The lowest BCUT2D eigenvalue weighted by molar-refractivity contribution is 0.113. The lowest BCUT2D eigenvalue weighted by Gasteiger charge is -2.24. The maximum absolute atomic E-state index is 9.17. The quantitative estimate of drug-likeness (QED) is 0.622. The largest absolute Gasteiger partial charge is 0.393 e. The standard InChI is InChI=1S/2C7H15NO.ClH/c2*1-8-6-3-2-4-7(9)5-6;/h2*6-9H,2-5H2,1H3;1H/t2*6-,7-;/m10./s1. The maximum Gasteiger partial charge on any atom is 0.0555 e. The molecular formula is C14H31ClN2O2. The first-order valence-electron chi connectivity index (χ1n) is 7.36. The Morgan fingerprint density at radius 2 is 1.11 bits per heavy atom. The smallest absolute Gasteiger partial charge is 0.0555 e. The molecule has 0 amide bonds. The van der Waals surface area contributed by atoms with Gasteiger partial charge in [-0.2, -0.15) is 0 Å². The maximum atomic E-state index is 9.17. The van der Waals surface area contributed by atoms with Gasteiger partial charge in [0.2, 0.25) is 0 Å². The molecule has 4 nitrogen and oxygen atoms in total. The fourth-order valence-corrected chi connectivity index (χ4v) is 2.85. The molecule has 0 radical (unpaired) electrons. The van der Waals surface area contributed by atoms with Crippen molar-refractivity contribution in [2.75, 3.05) is 14.1 Å². The molecule has 0 saturated heterocycles. The van der Waals surface area contributed by atoms with E-state index >= 15 is 0 Å². The lowest BCUT2D eigenvalue weighted by atomic mass is 9.93. The van der Waals surface area contributed by atoms with Crippen LogP contribution in [-0.4, -0.2) is 48.6 Å². The van der Waals surface area contributed by atoms with Gasteiger partial charge in [0.1, 0.15) is 0 Å². The molecule has 0 aromatic rings. The van der Waals surface area contributed by atoms with Gasteiger partial charge in [-0.05, 0) is 65.5 Å². The summed E-state index contributed by atoms with van der Waals surface area (Å²) in [5.74, 6) is 0. The first kappa shape index (κ1) is 19.1. The van der Waals surface area contributed by atoms with Crippen LogP contribution in [0.3, 0.4) is 0 Å². The van der Waals surface area contributed by atoms with Crippen LogP contribution in [0, 0.1) is 0 Å². The van der Waals surface area contributed by atoms with Gasteiger partial charge in [-0.15, -0.1) is 12.4 Å². The Bertz CT molecular complexity index is 198. The third kappa shape index (κ3) is 8.10. The first-order valence-corrected chi connectivity index (χ1v) is 7.36. The van der Waals surface area contributed by atoms with Gasteiger partial charge >= 0.3 is 0 Å². The average Bonchev–Trinajstić information content (AvgIpc) is 2.39. The summed E-state index contributed by atoms with van der Waals surface area (Å²) >= 11 is 0. The van der Waals surface area contributed by atoms with Gasteiger partial charge in [0.25, 0.3) is 0 Å². The SMILES string of the molecule is CN[C@@H]1CCC[C@@H](O)C1.CN[C@H]1CCC[C@H](O)C1.Cl. The van der Waals surface area contributed by atoms with Gasteiger partial charge in [0.15, 0.2) is 0 Å². The molecule has 4 N–H and O–H groups in total. The molecule has 4 atom stereocenters. The summed E-state index contributed by atoms with van der Waals surface area (Å²) in [6.07, 6.45) is 8.59. The molecule has 0 unspecified atom stereocenters. The Kier molecular flexibility index (Phi) is 10.9. The molecule has 0 aromatic carbocycles. The van der Waals surface area contributed by atoms with E-state index in [1.54, 1.807) is 0 Å². The van der Waals surface area contributed by atoms with E-state index in [-0.39, 0.29) is 24.6 Å². The minimum absolute atomic E-state index is 0. The minimum Gasteiger partial charge on any atom is -0.393 e. The zero-order valence-electron chi connectivity index (χ0n) is 12.3. The van der Waals surface area contributed by atoms with Crippen LogP contribution < -0.4 is 10.6 Å². The Hall–Kier alpha value is 0.130. The van der Waals surface area contributed by atoms with Crippen LogP contribution in [-0.2, 0) is 0 Å². The second-order valence-electron chi connectivity index (χ2n) is 5.61. The van der Waals surface area contributed by atoms with Crippen molar-refractivity contribution in [2.24, 2.45) is 0 Å². The third-order valence-electron chi connectivity index (χ3n) is 4.11. The average molecular weight is 295 g/mol. The molecule has 2 rings (SSSR count). The summed E-state index contributed by atoms with van der Waals surface area (Å²) in [6, 6.07) is 1.13. The number of aliphatic hydroxyl groups excluding tert-OH is 2. The molecule has 0 bridgehead atoms. The molecule has 116 valence electrons. The highest BCUT2D eigenvalue weighted by molar-refractivity contribution is 5.85. The molecule has 19 heavy (non-hydrogen) atoms. The number of nitrogens with one attached hydrogen (secondary N) is 2. The lowest BCUT2D eigenvalue weighted by Crippen LogP contribution is -2.33. The molecule has 2 aliphatic rings. The predicted molar refractivity (Wildman–Crippen MR) is 81.9 cm³/mol. The Morgan fingerprint density at radius 1 is 0.737 bits per heavy atom. The highest BCUT2D eigenvalue weighted by atomic mass is 35.5. The zero-order chi connectivity index (χ0) is 13.4. The van der Waals surface area contributed by atoms with Crippen LogP contribution in [0.5, 0.6) is 0 Å². The van der Waals surface area contributed by atoms with E-state index in [9.17, 15) is 10.2 Å². The van der Waals surface area contributed by atoms with Crippen molar-refractivity contribution >= 4 is 12.4 Å². The molecule has 0 aromatic heterocycles. The highest BCUT2D eigenvalue weighted by Crippen LogP contribution is 2.18. The summed E-state index contributed by atoms with van der Waals surface area (Å²) < 4.78 is 0. The second kappa shape index (κ2) is 10.9. The summed E-state index contributed by atoms with van der Waals surface area (Å²) in [7, 11) is 3.92. The van der Waals surface area contributed by atoms with Crippen molar-refractivity contribution in [1.29, 1.82) is 0 Å². The van der Waals surface area contributed by atoms with Crippen molar-refractivity contribution in [3.05, 3.63) is 0 Å². The van der Waals surface area contributed by atoms with Crippen LogP contribution in [0.25, 0.3) is 0 Å². The van der Waals surface area contributed by atoms with Crippen molar-refractivity contribution in [3.8, 4) is 0 Å². The van der Waals surface area contributed by atoms with E-state index in [4.69, 9.17) is 0 Å². The Labute approximate surface area is 123 Å². The molecule has 2 fully saturated rings. The minimum atomic E-state index is -0.0452. The summed E-state index contributed by atoms with van der Waals surface area (Å²) in [4.78, 5) is 0. The summed E-state index contributed by atoms with van der Waals surface area (Å²) in [5, 5.41) is 24.7. The number of aliphatic hydroxyl groups is 2. The monoisotopic (exact) mass is 294 g/mol. The molecule has 0 spiro atoms. The van der Waals surface area contributed by atoms with Crippen LogP contribution in [0.1, 0.15) is 51.4 Å². The van der Waals surface area contributed by atoms with Crippen molar-refractivity contribution < 1.29 is 10.2 Å². The van der Waals surface area contributed by atoms with Crippen LogP contribution in [0.4, 0.5) is 0 Å².